The van der Waals surface area contributed by atoms with Gasteiger partial charge in [-0.15, -0.1) is 0 Å². The number of aldehydes is 1. The molecule has 0 radical (unpaired) electrons. The molecule has 0 spiro atoms. The molecule has 3 nitrogen and oxygen atoms in total. The fraction of sp³-hybridized carbons (Fsp3) is 0.125. The van der Waals surface area contributed by atoms with Gasteiger partial charge in [0.2, 0.25) is 0 Å². The van der Waals surface area contributed by atoms with Crippen molar-refractivity contribution in [1.82, 2.24) is 0 Å². The van der Waals surface area contributed by atoms with Crippen molar-refractivity contribution < 1.29 is 9.90 Å². The molecule has 0 saturated carbocycles. The number of hydrogen-bond acceptors (Lipinski definition) is 3. The first kappa shape index (κ1) is 6.22. The van der Waals surface area contributed by atoms with Gasteiger partial charge in [0.1, 0.15) is 12.0 Å². The summed E-state index contributed by atoms with van der Waals surface area (Å²) in [6, 6.07) is 6.79. The fourth-order valence-corrected chi connectivity index (χ4v) is 0.732. The number of carbonyl (C=O) groups excluding carboxylic acids is 1. The average molecular weight is 152 g/mol. The Balaban J connectivity index is 2.58. The quantitative estimate of drug-likeness (QED) is 0.500. The van der Waals surface area contributed by atoms with E-state index in [9.17, 15) is 4.79 Å². The van der Waals surface area contributed by atoms with Crippen molar-refractivity contribution in [3.05, 3.63) is 24.3 Å². The van der Waals surface area contributed by atoms with Crippen LogP contribution in [0.3, 0.4) is 0 Å². The molecule has 3 heteroatoms. The Morgan fingerprint density at radius 3 is 2.82 bits per heavy atom. The van der Waals surface area contributed by atoms with Crippen molar-refractivity contribution in [1.29, 1.82) is 1.43 Å². The Kier molecular flexibility index (Phi) is 2.04. The molecule has 0 fully saturated rings. The standard InChI is InChI=1S/C8H9NO2/c10-6-5-9-7-1-3-8(11)4-2-7/h1-4,6,9,11H,5H2/i/hD. The van der Waals surface area contributed by atoms with Crippen molar-refractivity contribution in [2.24, 2.45) is 0 Å². The molecule has 0 saturated heterocycles. The topological polar surface area (TPSA) is 49.3 Å². The number of hydrogen-bond donors (Lipinski definition) is 2. The molecule has 11 heavy (non-hydrogen) atoms. The Bertz CT molecular complexity index is 248. The summed E-state index contributed by atoms with van der Waals surface area (Å²) >= 11 is 0. The van der Waals surface area contributed by atoms with Crippen molar-refractivity contribution in [2.45, 2.75) is 0 Å². The minimum absolute atomic E-state index is 0.293. The van der Waals surface area contributed by atoms with Crippen LogP contribution < -0.4 is 5.32 Å². The van der Waals surface area contributed by atoms with Crippen LogP contribution in [0.25, 0.3) is 0 Å². The van der Waals surface area contributed by atoms with Crippen LogP contribution in [0.5, 0.6) is 5.75 Å². The number of aromatic hydroxyl groups is 1. The Morgan fingerprint density at radius 1 is 1.55 bits per heavy atom. The molecule has 0 heterocycles. The van der Waals surface area contributed by atoms with Gasteiger partial charge in [-0.25, -0.2) is 0 Å². The second-order valence-corrected chi connectivity index (χ2v) is 2.07. The summed E-state index contributed by atoms with van der Waals surface area (Å²) in [7, 11) is 0. The first-order chi connectivity index (χ1) is 5.86. The third-order valence-electron chi connectivity index (χ3n) is 1.24. The Hall–Kier alpha value is -1.51. The van der Waals surface area contributed by atoms with Crippen molar-refractivity contribution in [3.8, 4) is 5.75 Å². The Morgan fingerprint density at radius 2 is 2.27 bits per heavy atom. The van der Waals surface area contributed by atoms with Crippen molar-refractivity contribution >= 4 is 12.0 Å². The van der Waals surface area contributed by atoms with E-state index in [-0.39, 0.29) is 0 Å². The highest BCUT2D eigenvalue weighted by atomic mass is 16.3. The lowest BCUT2D eigenvalue weighted by Gasteiger charge is -2.00. The summed E-state index contributed by atoms with van der Waals surface area (Å²) in [6.45, 7) is 0.293. The molecule has 2 N–H and O–H groups in total. The van der Waals surface area contributed by atoms with Crippen LogP contribution in [0, 0.1) is 0 Å². The molecule has 1 aromatic rings. The van der Waals surface area contributed by atoms with Gasteiger partial charge in [-0.05, 0) is 24.3 Å². The first-order valence-electron chi connectivity index (χ1n) is 3.68. The van der Waals surface area contributed by atoms with Gasteiger partial charge in [0, 0.05) is 5.69 Å². The molecule has 0 amide bonds. The fourth-order valence-electron chi connectivity index (χ4n) is 0.732. The van der Waals surface area contributed by atoms with Crippen LogP contribution >= 0.6 is 0 Å². The van der Waals surface area contributed by atoms with Gasteiger partial charge in [0.25, 0.3) is 1.43 Å². The van der Waals surface area contributed by atoms with E-state index in [0.717, 1.165) is 12.0 Å². The van der Waals surface area contributed by atoms with Gasteiger partial charge in [-0.2, -0.15) is 0 Å². The number of nitrogens with one attached hydrogen (secondary N) is 1. The van der Waals surface area contributed by atoms with Crippen LogP contribution in [0.1, 0.15) is 0 Å². The molecular formula is C8H9NO2. The maximum atomic E-state index is 9.98. The lowest BCUT2D eigenvalue weighted by atomic mass is 10.3. The van der Waals surface area contributed by atoms with Crippen LogP contribution in [0.4, 0.5) is 5.69 Å². The van der Waals surface area contributed by atoms with Crippen LogP contribution in [-0.2, 0) is 4.79 Å². The number of benzene rings is 1. The van der Waals surface area contributed by atoms with E-state index in [4.69, 9.17) is 1.43 Å². The summed E-state index contributed by atoms with van der Waals surface area (Å²) in [5, 5.41) is 7.09. The predicted octanol–water partition coefficient (Wildman–Crippen LogP) is 1.00. The largest absolute Gasteiger partial charge is 0.508 e. The lowest BCUT2D eigenvalue weighted by molar-refractivity contribution is -0.106. The molecule has 58 valence electrons. The number of anilines is 1. The average Bonchev–Trinajstić information content (AvgIpc) is 2.15. The maximum Gasteiger partial charge on any atom is 0.293 e. The zero-order valence-electron chi connectivity index (χ0n) is 6.91. The zero-order valence-corrected chi connectivity index (χ0v) is 5.91. The van der Waals surface area contributed by atoms with E-state index < -0.39 is 0 Å². The second-order valence-electron chi connectivity index (χ2n) is 2.07. The van der Waals surface area contributed by atoms with Gasteiger partial charge < -0.3 is 15.2 Å². The van der Waals surface area contributed by atoms with E-state index in [2.05, 4.69) is 10.4 Å². The van der Waals surface area contributed by atoms with E-state index in [0.29, 0.717) is 12.3 Å². The molecule has 0 bridgehead atoms. The van der Waals surface area contributed by atoms with E-state index >= 15 is 0 Å². The molecule has 0 atom stereocenters. The van der Waals surface area contributed by atoms with E-state index in [1.165, 1.54) is 0 Å². The number of phenols is 1. The van der Waals surface area contributed by atoms with Crippen molar-refractivity contribution in [2.75, 3.05) is 11.9 Å². The molecule has 1 aromatic carbocycles. The van der Waals surface area contributed by atoms with Gasteiger partial charge in [0.15, 0.2) is 0 Å². The summed E-state index contributed by atoms with van der Waals surface area (Å²) < 4.78 is 6.58. The normalized spacial score (nSPS) is 10.0. The molecule has 0 unspecified atom stereocenters. The summed E-state index contributed by atoms with van der Waals surface area (Å²) in [6.07, 6.45) is 0.787. The Labute approximate surface area is 66.2 Å². The SMILES string of the molecule is [2H]Oc1ccc(NCC=O)cc1. The van der Waals surface area contributed by atoms with Gasteiger partial charge in [-0.1, -0.05) is 0 Å². The predicted molar refractivity (Wildman–Crippen MR) is 42.7 cm³/mol. The highest BCUT2D eigenvalue weighted by molar-refractivity contribution is 5.59. The van der Waals surface area contributed by atoms with E-state index in [1.54, 1.807) is 24.3 Å². The highest BCUT2D eigenvalue weighted by Gasteiger charge is 1.89. The minimum atomic E-state index is 0.293. The molecule has 0 aliphatic rings. The number of carbonyl (C=O) groups is 1. The number of rotatable bonds is 4. The maximum absolute atomic E-state index is 9.98. The zero-order chi connectivity index (χ0) is 8.81. The van der Waals surface area contributed by atoms with Crippen LogP contribution in [0.2, 0.25) is 0 Å². The van der Waals surface area contributed by atoms with Gasteiger partial charge >= 0.3 is 0 Å². The van der Waals surface area contributed by atoms with Gasteiger partial charge in [-0.3, -0.25) is 0 Å². The van der Waals surface area contributed by atoms with Crippen LogP contribution in [0.15, 0.2) is 24.3 Å². The first-order valence-corrected chi connectivity index (χ1v) is 3.27. The van der Waals surface area contributed by atoms with Crippen molar-refractivity contribution in [3.63, 3.8) is 0 Å². The lowest BCUT2D eigenvalue weighted by Crippen LogP contribution is -2.01. The summed E-state index contributed by atoms with van der Waals surface area (Å²) in [5.74, 6) is 0.478. The molecule has 1 rings (SSSR count). The number of phenolic OH excluding ortho intramolecular Hbond substituents is 1. The third-order valence-corrected chi connectivity index (χ3v) is 1.24. The molecular weight excluding hydrogens is 142 g/mol. The summed E-state index contributed by atoms with van der Waals surface area (Å²) in [4.78, 5) is 9.98. The molecule has 0 aliphatic heterocycles. The van der Waals surface area contributed by atoms with E-state index in [1.807, 2.05) is 0 Å². The van der Waals surface area contributed by atoms with Crippen LogP contribution in [-0.4, -0.2) is 19.4 Å². The highest BCUT2D eigenvalue weighted by Crippen LogP contribution is 2.12. The third kappa shape index (κ3) is 2.29. The minimum Gasteiger partial charge on any atom is -0.508 e. The smallest absolute Gasteiger partial charge is 0.293 e. The van der Waals surface area contributed by atoms with Gasteiger partial charge in [0.05, 0.1) is 6.54 Å². The molecule has 0 aromatic heterocycles. The summed E-state index contributed by atoms with van der Waals surface area (Å²) in [5.41, 5.74) is 0.836. The monoisotopic (exact) mass is 152 g/mol. The second kappa shape index (κ2) is 3.61. The molecule has 0 aliphatic carbocycles.